The number of ether oxygens (including phenoxy) is 2. The number of ketones is 2. The van der Waals surface area contributed by atoms with E-state index in [1.165, 1.54) is 0 Å². The molecule has 1 aliphatic heterocycles. The summed E-state index contributed by atoms with van der Waals surface area (Å²) in [6.45, 7) is 13.8. The van der Waals surface area contributed by atoms with Gasteiger partial charge in [-0.25, -0.2) is 0 Å². The molecule has 0 aromatic heterocycles. The van der Waals surface area contributed by atoms with Crippen molar-refractivity contribution in [2.24, 2.45) is 45.8 Å². The molecule has 1 heterocycles. The van der Waals surface area contributed by atoms with Crippen molar-refractivity contribution in [1.82, 2.24) is 0 Å². The van der Waals surface area contributed by atoms with Crippen molar-refractivity contribution in [3.63, 3.8) is 0 Å². The molecule has 5 rings (SSSR count). The van der Waals surface area contributed by atoms with Crippen LogP contribution in [-0.4, -0.2) is 41.3 Å². The number of carbonyl (C=O) groups is 2. The van der Waals surface area contributed by atoms with Crippen LogP contribution >= 0.6 is 0 Å². The zero-order valence-corrected chi connectivity index (χ0v) is 20.8. The van der Waals surface area contributed by atoms with Crippen LogP contribution < -0.4 is 0 Å². The van der Waals surface area contributed by atoms with Gasteiger partial charge in [0.1, 0.15) is 11.6 Å². The summed E-state index contributed by atoms with van der Waals surface area (Å²) >= 11 is 0. The summed E-state index contributed by atoms with van der Waals surface area (Å²) in [7, 11) is 0. The maximum absolute atomic E-state index is 13.8. The van der Waals surface area contributed by atoms with Gasteiger partial charge in [0.2, 0.25) is 0 Å². The molecule has 32 heavy (non-hydrogen) atoms. The maximum atomic E-state index is 13.8. The van der Waals surface area contributed by atoms with E-state index in [4.69, 9.17) is 9.47 Å². The summed E-state index contributed by atoms with van der Waals surface area (Å²) in [5, 5.41) is 12.3. The van der Waals surface area contributed by atoms with Gasteiger partial charge in [0.15, 0.2) is 5.79 Å². The maximum Gasteiger partial charge on any atom is 0.171 e. The third-order valence-electron chi connectivity index (χ3n) is 10.9. The lowest BCUT2D eigenvalue weighted by molar-refractivity contribution is -0.358. The monoisotopic (exact) mass is 446 g/mol. The van der Waals surface area contributed by atoms with E-state index in [0.717, 1.165) is 32.1 Å². The fourth-order valence-electron chi connectivity index (χ4n) is 9.09. The van der Waals surface area contributed by atoms with Crippen LogP contribution in [0, 0.1) is 45.8 Å². The molecule has 5 heteroatoms. The minimum absolute atomic E-state index is 0.00309. The Balaban J connectivity index is 1.48. The first kappa shape index (κ1) is 23.0. The van der Waals surface area contributed by atoms with Crippen LogP contribution in [0.4, 0.5) is 0 Å². The van der Waals surface area contributed by atoms with Crippen LogP contribution in [0.3, 0.4) is 0 Å². The van der Waals surface area contributed by atoms with Crippen molar-refractivity contribution < 1.29 is 24.2 Å². The van der Waals surface area contributed by atoms with E-state index >= 15 is 0 Å². The van der Waals surface area contributed by atoms with Crippen LogP contribution in [0.5, 0.6) is 0 Å². The van der Waals surface area contributed by atoms with E-state index in [1.807, 2.05) is 0 Å². The average molecular weight is 447 g/mol. The first-order valence-corrected chi connectivity index (χ1v) is 12.8. The molecule has 4 aliphatic carbocycles. The first-order valence-electron chi connectivity index (χ1n) is 12.8. The van der Waals surface area contributed by atoms with Gasteiger partial charge in [-0.15, -0.1) is 0 Å². The Morgan fingerprint density at radius 1 is 1.06 bits per heavy atom. The minimum Gasteiger partial charge on any atom is -0.389 e. The normalized spacial score (nSPS) is 51.6. The molecule has 5 fully saturated rings. The number of Topliss-reactive ketones (excluding diaryl/α,β-unsaturated/α-hetero) is 2. The van der Waals surface area contributed by atoms with Gasteiger partial charge in [0, 0.05) is 41.9 Å². The molecule has 180 valence electrons. The molecule has 0 unspecified atom stereocenters. The molecule has 0 radical (unpaired) electrons. The van der Waals surface area contributed by atoms with Crippen molar-refractivity contribution in [1.29, 1.82) is 0 Å². The third kappa shape index (κ3) is 2.92. The SMILES string of the molecule is CC(=O)[C@H]1CC[C@H]2[C@@H]3C[C@H](C)[C@]4(O)CC5(CC[C@]4(C)[C@H]3C(=O)C[C@]12C)OCC(C)(C)CO5. The highest BCUT2D eigenvalue weighted by atomic mass is 16.7. The predicted molar refractivity (Wildman–Crippen MR) is 121 cm³/mol. The Morgan fingerprint density at radius 2 is 1.72 bits per heavy atom. The molecule has 0 aromatic rings. The molecule has 5 nitrogen and oxygen atoms in total. The number of hydrogen-bond donors (Lipinski definition) is 1. The van der Waals surface area contributed by atoms with E-state index < -0.39 is 16.8 Å². The smallest absolute Gasteiger partial charge is 0.171 e. The molecule has 0 amide bonds. The highest BCUT2D eigenvalue weighted by molar-refractivity contribution is 5.87. The van der Waals surface area contributed by atoms with Gasteiger partial charge >= 0.3 is 0 Å². The molecule has 5 aliphatic rings. The topological polar surface area (TPSA) is 72.8 Å². The molecule has 1 spiro atoms. The Labute approximate surface area is 193 Å². The lowest BCUT2D eigenvalue weighted by Crippen LogP contribution is -2.71. The zero-order valence-electron chi connectivity index (χ0n) is 20.8. The first-order chi connectivity index (χ1) is 14.8. The molecule has 1 saturated heterocycles. The summed E-state index contributed by atoms with van der Waals surface area (Å²) in [4.78, 5) is 26.2. The van der Waals surface area contributed by atoms with E-state index in [-0.39, 0.29) is 46.1 Å². The minimum atomic E-state index is -0.990. The van der Waals surface area contributed by atoms with Crippen molar-refractivity contribution in [2.45, 2.75) is 97.9 Å². The molecular weight excluding hydrogens is 404 g/mol. The second kappa shape index (κ2) is 6.88. The summed E-state index contributed by atoms with van der Waals surface area (Å²) in [5.41, 5.74) is -1.70. The summed E-state index contributed by atoms with van der Waals surface area (Å²) in [6, 6.07) is 0. The Morgan fingerprint density at radius 3 is 2.34 bits per heavy atom. The van der Waals surface area contributed by atoms with Gasteiger partial charge in [-0.1, -0.05) is 34.6 Å². The van der Waals surface area contributed by atoms with E-state index in [0.29, 0.717) is 32.0 Å². The Hall–Kier alpha value is -0.780. The van der Waals surface area contributed by atoms with Gasteiger partial charge in [-0.3, -0.25) is 9.59 Å². The lowest BCUT2D eigenvalue weighted by atomic mass is 9.40. The fourth-order valence-corrected chi connectivity index (χ4v) is 9.09. The predicted octanol–water partition coefficient (Wildman–Crippen LogP) is 4.54. The lowest BCUT2D eigenvalue weighted by Gasteiger charge is -2.67. The van der Waals surface area contributed by atoms with Crippen molar-refractivity contribution in [2.75, 3.05) is 13.2 Å². The van der Waals surface area contributed by atoms with Crippen LogP contribution in [0.2, 0.25) is 0 Å². The zero-order chi connectivity index (χ0) is 23.3. The highest BCUT2D eigenvalue weighted by Crippen LogP contribution is 2.69. The van der Waals surface area contributed by atoms with Crippen molar-refractivity contribution >= 4 is 11.6 Å². The second-order valence-corrected chi connectivity index (χ2v) is 13.4. The van der Waals surface area contributed by atoms with Gasteiger partial charge in [-0.05, 0) is 55.8 Å². The molecule has 0 aromatic carbocycles. The summed E-state index contributed by atoms with van der Waals surface area (Å²) in [5.74, 6) is 0.352. The number of carbonyl (C=O) groups excluding carboxylic acids is 2. The number of hydrogen-bond acceptors (Lipinski definition) is 5. The highest BCUT2D eigenvalue weighted by Gasteiger charge is 2.71. The van der Waals surface area contributed by atoms with E-state index in [2.05, 4.69) is 34.6 Å². The van der Waals surface area contributed by atoms with E-state index in [1.54, 1.807) is 6.92 Å². The van der Waals surface area contributed by atoms with Crippen LogP contribution in [0.15, 0.2) is 0 Å². The van der Waals surface area contributed by atoms with Gasteiger partial charge in [0.05, 0.1) is 18.8 Å². The Kier molecular flexibility index (Phi) is 4.94. The van der Waals surface area contributed by atoms with E-state index in [9.17, 15) is 14.7 Å². The van der Waals surface area contributed by atoms with Crippen LogP contribution in [-0.2, 0) is 19.1 Å². The molecule has 1 N–H and O–H groups in total. The molecule has 4 saturated carbocycles. The molecular formula is C27H42O5. The van der Waals surface area contributed by atoms with Crippen molar-refractivity contribution in [3.05, 3.63) is 0 Å². The van der Waals surface area contributed by atoms with Crippen molar-refractivity contribution in [3.8, 4) is 0 Å². The second-order valence-electron chi connectivity index (χ2n) is 13.4. The fraction of sp³-hybridized carbons (Fsp3) is 0.926. The van der Waals surface area contributed by atoms with Crippen LogP contribution in [0.1, 0.15) is 86.5 Å². The van der Waals surface area contributed by atoms with Crippen LogP contribution in [0.25, 0.3) is 0 Å². The van der Waals surface area contributed by atoms with Gasteiger partial charge < -0.3 is 14.6 Å². The summed E-state index contributed by atoms with van der Waals surface area (Å²) in [6.07, 6.45) is 5.17. The number of fused-ring (bicyclic) bond motifs is 5. The third-order valence-corrected chi connectivity index (χ3v) is 10.9. The number of aliphatic hydroxyl groups is 1. The van der Waals surface area contributed by atoms with Gasteiger partial charge in [-0.2, -0.15) is 0 Å². The number of rotatable bonds is 1. The summed E-state index contributed by atoms with van der Waals surface area (Å²) < 4.78 is 12.6. The molecule has 8 atom stereocenters. The quantitative estimate of drug-likeness (QED) is 0.640. The largest absolute Gasteiger partial charge is 0.389 e. The van der Waals surface area contributed by atoms with Gasteiger partial charge in [0.25, 0.3) is 0 Å². The average Bonchev–Trinajstić information content (AvgIpc) is 3.04. The molecule has 0 bridgehead atoms. The Bertz CT molecular complexity index is 824. The standard InChI is InChI=1S/C27H42O5/c1-16-11-18-20-8-7-19(17(2)28)24(20,5)12-21(29)22(18)25(6)9-10-26(13-27(16,25)30)31-14-23(3,4)15-32-26/h16,18-20,22,30H,7-15H2,1-6H3/t16-,18-,19+,20-,22+,24+,25+,27+/m0/s1.